The number of nitrogens with zero attached hydrogens (tertiary/aromatic N) is 1. The third-order valence-electron chi connectivity index (χ3n) is 7.22. The number of carbonyl (C=O) groups is 3. The van der Waals surface area contributed by atoms with Crippen molar-refractivity contribution < 1.29 is 19.1 Å². The van der Waals surface area contributed by atoms with Crippen LogP contribution in [0.15, 0.2) is 66.7 Å². The van der Waals surface area contributed by atoms with Crippen LogP contribution in [-0.4, -0.2) is 24.2 Å². The van der Waals surface area contributed by atoms with Crippen LogP contribution in [0.25, 0.3) is 0 Å². The number of benzene rings is 2. The fourth-order valence-corrected chi connectivity index (χ4v) is 5.81. The van der Waals surface area contributed by atoms with Gasteiger partial charge in [-0.2, -0.15) is 0 Å². The average Bonchev–Trinajstić information content (AvgIpc) is 3.56. The third kappa shape index (κ3) is 2.44. The smallest absolute Gasteiger partial charge is 0.238 e. The normalized spacial score (nSPS) is 32.7. The Bertz CT molecular complexity index is 1060. The molecule has 0 N–H and O–H groups in total. The van der Waals surface area contributed by atoms with Crippen molar-refractivity contribution in [2.45, 2.75) is 6.42 Å². The highest BCUT2D eigenvalue weighted by Crippen LogP contribution is 2.65. The lowest BCUT2D eigenvalue weighted by Gasteiger charge is -2.37. The Hall–Kier alpha value is -3.21. The van der Waals surface area contributed by atoms with Crippen LogP contribution in [0.2, 0.25) is 0 Å². The van der Waals surface area contributed by atoms with E-state index in [9.17, 15) is 14.4 Å². The Kier molecular flexibility index (Phi) is 3.76. The van der Waals surface area contributed by atoms with Crippen LogP contribution >= 0.6 is 0 Å². The number of para-hydroxylation sites is 2. The maximum atomic E-state index is 13.4. The molecule has 4 aliphatic carbocycles. The van der Waals surface area contributed by atoms with Crippen molar-refractivity contribution in [3.05, 3.63) is 72.3 Å². The van der Waals surface area contributed by atoms with Gasteiger partial charge in [-0.1, -0.05) is 54.6 Å². The van der Waals surface area contributed by atoms with E-state index in [1.165, 1.54) is 4.90 Å². The first-order valence-corrected chi connectivity index (χ1v) is 10.5. The van der Waals surface area contributed by atoms with Gasteiger partial charge in [0.25, 0.3) is 0 Å². The van der Waals surface area contributed by atoms with Crippen molar-refractivity contribution in [2.24, 2.45) is 35.5 Å². The lowest BCUT2D eigenvalue weighted by molar-refractivity contribution is -0.124. The van der Waals surface area contributed by atoms with Crippen molar-refractivity contribution in [3.63, 3.8) is 0 Å². The number of ether oxygens (including phenoxy) is 1. The van der Waals surface area contributed by atoms with E-state index in [1.807, 2.05) is 6.07 Å². The quantitative estimate of drug-likeness (QED) is 0.439. The number of hydrogen-bond acceptors (Lipinski definition) is 4. The molecule has 5 nitrogen and oxygen atoms in total. The highest BCUT2D eigenvalue weighted by molar-refractivity contribution is 6.23. The fraction of sp³-hybridized carbons (Fsp3) is 0.320. The molecule has 2 aromatic carbocycles. The van der Waals surface area contributed by atoms with Crippen molar-refractivity contribution in [2.75, 3.05) is 11.5 Å². The number of amides is 2. The van der Waals surface area contributed by atoms with E-state index in [-0.39, 0.29) is 47.9 Å². The average molecular weight is 399 g/mol. The zero-order valence-electron chi connectivity index (χ0n) is 16.3. The second-order valence-electron chi connectivity index (χ2n) is 8.71. The summed E-state index contributed by atoms with van der Waals surface area (Å²) in [4.78, 5) is 40.5. The summed E-state index contributed by atoms with van der Waals surface area (Å²) < 4.78 is 5.80. The van der Waals surface area contributed by atoms with Crippen molar-refractivity contribution in [1.82, 2.24) is 0 Å². The Labute approximate surface area is 174 Å². The van der Waals surface area contributed by atoms with Gasteiger partial charge in [-0.25, -0.2) is 4.90 Å². The van der Waals surface area contributed by atoms with Crippen LogP contribution in [0.1, 0.15) is 16.8 Å². The fourth-order valence-electron chi connectivity index (χ4n) is 5.81. The van der Waals surface area contributed by atoms with E-state index in [0.29, 0.717) is 28.8 Å². The van der Waals surface area contributed by atoms with Gasteiger partial charge in [0.2, 0.25) is 11.8 Å². The van der Waals surface area contributed by atoms with Gasteiger partial charge in [-0.05, 0) is 42.2 Å². The Morgan fingerprint density at radius 2 is 1.47 bits per heavy atom. The highest BCUT2D eigenvalue weighted by Gasteiger charge is 2.67. The molecule has 2 bridgehead atoms. The van der Waals surface area contributed by atoms with Gasteiger partial charge in [0, 0.05) is 5.56 Å². The van der Waals surface area contributed by atoms with Gasteiger partial charge in [0.1, 0.15) is 5.75 Å². The van der Waals surface area contributed by atoms with Crippen LogP contribution in [0.3, 0.4) is 0 Å². The molecule has 7 rings (SSSR count). The largest absolute Gasteiger partial charge is 0.483 e. The van der Waals surface area contributed by atoms with E-state index in [4.69, 9.17) is 4.74 Å². The van der Waals surface area contributed by atoms with Gasteiger partial charge < -0.3 is 4.74 Å². The van der Waals surface area contributed by atoms with Crippen molar-refractivity contribution in [3.8, 4) is 5.75 Å². The first-order valence-electron chi connectivity index (χ1n) is 10.5. The molecule has 5 heteroatoms. The molecule has 3 fully saturated rings. The van der Waals surface area contributed by atoms with E-state index in [1.54, 1.807) is 48.5 Å². The SMILES string of the molecule is O=C(COc1ccccc1N1C(=O)[C@@H]2[C@H]3C=C[C@@H]([C@@H]4C[C@H]34)[C@H]2C1=O)c1ccccc1. The van der Waals surface area contributed by atoms with Gasteiger partial charge in [-0.15, -0.1) is 0 Å². The Morgan fingerprint density at radius 3 is 2.13 bits per heavy atom. The summed E-state index contributed by atoms with van der Waals surface area (Å²) in [5, 5.41) is 0. The molecule has 6 atom stereocenters. The topological polar surface area (TPSA) is 63.7 Å². The van der Waals surface area contributed by atoms with Crippen molar-refractivity contribution in [1.29, 1.82) is 0 Å². The molecule has 2 aromatic rings. The minimum atomic E-state index is -0.254. The van der Waals surface area contributed by atoms with Crippen LogP contribution < -0.4 is 9.64 Å². The number of rotatable bonds is 5. The number of carbonyl (C=O) groups excluding carboxylic acids is 3. The zero-order chi connectivity index (χ0) is 20.4. The molecule has 0 aromatic heterocycles. The molecule has 0 unspecified atom stereocenters. The summed E-state index contributed by atoms with van der Waals surface area (Å²) in [6.45, 7) is -0.152. The van der Waals surface area contributed by atoms with Crippen LogP contribution in [0.5, 0.6) is 5.75 Å². The molecular formula is C25H21NO4. The summed E-state index contributed by atoms with van der Waals surface area (Å²) >= 11 is 0. The van der Waals surface area contributed by atoms with Gasteiger partial charge in [-0.3, -0.25) is 14.4 Å². The molecular weight excluding hydrogens is 378 g/mol. The summed E-state index contributed by atoms with van der Waals surface area (Å²) in [7, 11) is 0. The molecule has 2 saturated carbocycles. The first kappa shape index (κ1) is 17.6. The molecule has 150 valence electrons. The van der Waals surface area contributed by atoms with Crippen LogP contribution in [0, 0.1) is 35.5 Å². The van der Waals surface area contributed by atoms with Crippen molar-refractivity contribution >= 4 is 23.3 Å². The number of hydrogen-bond donors (Lipinski definition) is 0. The zero-order valence-corrected chi connectivity index (χ0v) is 16.3. The first-order chi connectivity index (χ1) is 14.6. The van der Waals surface area contributed by atoms with Gasteiger partial charge in [0.15, 0.2) is 12.4 Å². The second-order valence-corrected chi connectivity index (χ2v) is 8.71. The molecule has 30 heavy (non-hydrogen) atoms. The number of Topliss-reactive ketones (excluding diaryl/α,β-unsaturated/α-hetero) is 1. The van der Waals surface area contributed by atoms with E-state index in [0.717, 1.165) is 6.42 Å². The maximum absolute atomic E-state index is 13.4. The molecule has 1 aliphatic heterocycles. The third-order valence-corrected chi connectivity index (χ3v) is 7.22. The van der Waals surface area contributed by atoms with E-state index in [2.05, 4.69) is 12.2 Å². The molecule has 0 spiro atoms. The maximum Gasteiger partial charge on any atom is 0.238 e. The lowest BCUT2D eigenvalue weighted by atomic mass is 9.63. The summed E-state index contributed by atoms with van der Waals surface area (Å²) in [6, 6.07) is 15.9. The predicted molar refractivity (Wildman–Crippen MR) is 110 cm³/mol. The highest BCUT2D eigenvalue weighted by atomic mass is 16.5. The number of anilines is 1. The minimum absolute atomic E-state index is 0.125. The molecule has 2 amide bonds. The number of allylic oxidation sites excluding steroid dienone is 2. The minimum Gasteiger partial charge on any atom is -0.483 e. The van der Waals surface area contributed by atoms with E-state index < -0.39 is 0 Å². The predicted octanol–water partition coefficient (Wildman–Crippen LogP) is 3.51. The van der Waals surface area contributed by atoms with E-state index >= 15 is 0 Å². The second kappa shape index (κ2) is 6.39. The Morgan fingerprint density at radius 1 is 0.867 bits per heavy atom. The van der Waals surface area contributed by atoms with Gasteiger partial charge in [0.05, 0.1) is 17.5 Å². The molecule has 1 heterocycles. The lowest BCUT2D eigenvalue weighted by Crippen LogP contribution is -2.40. The van der Waals surface area contributed by atoms with Crippen LogP contribution in [0.4, 0.5) is 5.69 Å². The molecule has 5 aliphatic rings. The summed E-state index contributed by atoms with van der Waals surface area (Å²) in [6.07, 6.45) is 5.46. The van der Waals surface area contributed by atoms with Crippen LogP contribution in [-0.2, 0) is 9.59 Å². The number of ketones is 1. The molecule has 1 saturated heterocycles. The summed E-state index contributed by atoms with van der Waals surface area (Å²) in [5.41, 5.74) is 1.01. The standard InChI is InChI=1S/C25H21NO4/c27-20(14-6-2-1-3-7-14)13-30-21-9-5-4-8-19(21)26-24(28)22-15-10-11-16(18-12-17(15)18)23(22)25(26)29/h1-11,15-18,22-23H,12-13H2/t15-,16-,17-,18+,22+,23+/m0/s1. The monoisotopic (exact) mass is 399 g/mol. The van der Waals surface area contributed by atoms with Gasteiger partial charge >= 0.3 is 0 Å². The summed E-state index contributed by atoms with van der Waals surface area (Å²) in [5.74, 6) is 0.957. The number of imide groups is 1. The Balaban J connectivity index is 1.28. The molecule has 0 radical (unpaired) electrons.